The molecule has 1 aliphatic rings. The van der Waals surface area contributed by atoms with E-state index < -0.39 is 17.7 Å². The zero-order valence-electron chi connectivity index (χ0n) is 21.6. The number of hydrogen-bond donors (Lipinski definition) is 1. The fourth-order valence-corrected chi connectivity index (χ4v) is 4.52. The second-order valence-corrected chi connectivity index (χ2v) is 9.21. The lowest BCUT2D eigenvalue weighted by atomic mass is 9.94. The number of aliphatic hydroxyl groups is 1. The van der Waals surface area contributed by atoms with Crippen molar-refractivity contribution in [2.24, 2.45) is 0 Å². The zero-order chi connectivity index (χ0) is 26.4. The van der Waals surface area contributed by atoms with Crippen molar-refractivity contribution in [3.63, 3.8) is 0 Å². The Bertz CT molecular complexity index is 1280. The van der Waals surface area contributed by atoms with Gasteiger partial charge in [0.15, 0.2) is 11.5 Å². The van der Waals surface area contributed by atoms with E-state index in [1.165, 1.54) is 0 Å². The predicted molar refractivity (Wildman–Crippen MR) is 144 cm³/mol. The second-order valence-electron chi connectivity index (χ2n) is 9.21. The molecule has 37 heavy (non-hydrogen) atoms. The third kappa shape index (κ3) is 5.69. The minimum atomic E-state index is -0.761. The number of benzene rings is 3. The van der Waals surface area contributed by atoms with E-state index in [0.29, 0.717) is 42.2 Å². The summed E-state index contributed by atoms with van der Waals surface area (Å²) >= 11 is 0. The van der Waals surface area contributed by atoms with Gasteiger partial charge in [0, 0.05) is 12.1 Å². The predicted octanol–water partition coefficient (Wildman–Crippen LogP) is 5.85. The normalized spacial score (nSPS) is 16.7. The smallest absolute Gasteiger partial charge is 0.295 e. The Morgan fingerprint density at radius 2 is 1.70 bits per heavy atom. The van der Waals surface area contributed by atoms with Gasteiger partial charge in [0.1, 0.15) is 5.76 Å². The van der Waals surface area contributed by atoms with Gasteiger partial charge in [-0.15, -0.1) is 0 Å². The number of rotatable bonds is 10. The highest BCUT2D eigenvalue weighted by molar-refractivity contribution is 6.46. The molecular formula is C31H33NO5. The molecule has 1 heterocycles. The van der Waals surface area contributed by atoms with Crippen LogP contribution in [-0.4, -0.2) is 42.0 Å². The number of carbonyl (C=O) groups is 2. The molecule has 192 valence electrons. The van der Waals surface area contributed by atoms with Crippen LogP contribution >= 0.6 is 0 Å². The summed E-state index contributed by atoms with van der Waals surface area (Å²) in [7, 11) is 1.56. The highest BCUT2D eigenvalue weighted by Crippen LogP contribution is 2.42. The summed E-state index contributed by atoms with van der Waals surface area (Å²) in [4.78, 5) is 28.1. The van der Waals surface area contributed by atoms with E-state index >= 15 is 0 Å². The molecule has 6 nitrogen and oxygen atoms in total. The number of amides is 1. The van der Waals surface area contributed by atoms with Crippen molar-refractivity contribution >= 4 is 17.4 Å². The number of aliphatic hydroxyl groups excluding tert-OH is 1. The maximum Gasteiger partial charge on any atom is 0.295 e. The Kier molecular flexibility index (Phi) is 8.29. The molecule has 0 aliphatic carbocycles. The molecule has 1 atom stereocenters. The Hall–Kier alpha value is -4.06. The summed E-state index contributed by atoms with van der Waals surface area (Å²) in [6, 6.07) is 21.7. The number of carbonyl (C=O) groups excluding carboxylic acids is 2. The first kappa shape index (κ1) is 26.0. The van der Waals surface area contributed by atoms with Crippen LogP contribution in [0.2, 0.25) is 0 Å². The molecule has 0 radical (unpaired) electrons. The molecule has 0 aromatic heterocycles. The van der Waals surface area contributed by atoms with Gasteiger partial charge in [-0.2, -0.15) is 0 Å². The Morgan fingerprint density at radius 3 is 2.38 bits per heavy atom. The molecular weight excluding hydrogens is 466 g/mol. The van der Waals surface area contributed by atoms with Crippen LogP contribution in [-0.2, 0) is 16.0 Å². The highest BCUT2D eigenvalue weighted by Gasteiger charge is 2.46. The molecule has 1 saturated heterocycles. The number of nitrogens with zero attached hydrogens (tertiary/aromatic N) is 1. The van der Waals surface area contributed by atoms with Gasteiger partial charge >= 0.3 is 0 Å². The van der Waals surface area contributed by atoms with E-state index in [1.54, 1.807) is 36.3 Å². The third-order valence-corrected chi connectivity index (χ3v) is 6.61. The van der Waals surface area contributed by atoms with Crippen molar-refractivity contribution in [3.05, 3.63) is 101 Å². The number of Topliss-reactive ketones (excluding diaryl/α,β-unsaturated/α-hetero) is 1. The quantitative estimate of drug-likeness (QED) is 0.164. The number of ether oxygens (including phenoxy) is 2. The van der Waals surface area contributed by atoms with Crippen molar-refractivity contribution in [3.8, 4) is 11.5 Å². The van der Waals surface area contributed by atoms with Gasteiger partial charge in [0.05, 0.1) is 25.3 Å². The summed E-state index contributed by atoms with van der Waals surface area (Å²) < 4.78 is 11.5. The topological polar surface area (TPSA) is 76.1 Å². The van der Waals surface area contributed by atoms with Crippen molar-refractivity contribution in [1.82, 2.24) is 4.90 Å². The van der Waals surface area contributed by atoms with Crippen molar-refractivity contribution in [2.75, 3.05) is 20.3 Å². The van der Waals surface area contributed by atoms with E-state index in [0.717, 1.165) is 24.0 Å². The largest absolute Gasteiger partial charge is 0.507 e. The number of unbranched alkanes of at least 4 members (excludes halogenated alkanes) is 1. The van der Waals surface area contributed by atoms with E-state index in [9.17, 15) is 14.7 Å². The molecule has 0 bridgehead atoms. The summed E-state index contributed by atoms with van der Waals surface area (Å²) in [5, 5.41) is 11.3. The van der Waals surface area contributed by atoms with Crippen LogP contribution in [0.15, 0.2) is 78.4 Å². The number of likely N-dealkylation sites (tertiary alicyclic amines) is 1. The molecule has 3 aromatic carbocycles. The second kappa shape index (κ2) is 11.8. The molecule has 0 spiro atoms. The van der Waals surface area contributed by atoms with E-state index in [1.807, 2.05) is 55.5 Å². The van der Waals surface area contributed by atoms with Crippen LogP contribution in [0.5, 0.6) is 11.5 Å². The molecule has 0 saturated carbocycles. The molecule has 1 aliphatic heterocycles. The lowest BCUT2D eigenvalue weighted by molar-refractivity contribution is -0.139. The molecule has 1 fully saturated rings. The standard InChI is InChI=1S/C31H33NO5/c1-4-5-19-37-25-16-15-24(20-26(25)36-3)28-27(29(33)23-13-11-21(2)12-14-23)30(34)31(35)32(28)18-17-22-9-7-6-8-10-22/h6-16,20,28,33H,4-5,17-19H2,1-3H3. The van der Waals surface area contributed by atoms with Crippen molar-refractivity contribution in [1.29, 1.82) is 0 Å². The molecule has 1 amide bonds. The molecule has 6 heteroatoms. The van der Waals surface area contributed by atoms with Gasteiger partial charge in [-0.3, -0.25) is 9.59 Å². The van der Waals surface area contributed by atoms with Crippen LogP contribution in [0.1, 0.15) is 48.1 Å². The lowest BCUT2D eigenvalue weighted by Crippen LogP contribution is -2.31. The van der Waals surface area contributed by atoms with Crippen LogP contribution < -0.4 is 9.47 Å². The first-order valence-corrected chi connectivity index (χ1v) is 12.6. The molecule has 4 rings (SSSR count). The van der Waals surface area contributed by atoms with Crippen molar-refractivity contribution in [2.45, 2.75) is 39.2 Å². The van der Waals surface area contributed by atoms with Crippen LogP contribution in [0.4, 0.5) is 0 Å². The van der Waals surface area contributed by atoms with Crippen LogP contribution in [0, 0.1) is 6.92 Å². The SMILES string of the molecule is CCCCOc1ccc(C2C(=C(O)c3ccc(C)cc3)C(=O)C(=O)N2CCc2ccccc2)cc1OC. The first-order chi connectivity index (χ1) is 17.9. The van der Waals surface area contributed by atoms with Gasteiger partial charge < -0.3 is 19.5 Å². The van der Waals surface area contributed by atoms with Gasteiger partial charge in [0.25, 0.3) is 11.7 Å². The van der Waals surface area contributed by atoms with E-state index in [2.05, 4.69) is 6.92 Å². The fourth-order valence-electron chi connectivity index (χ4n) is 4.52. The third-order valence-electron chi connectivity index (χ3n) is 6.61. The Balaban J connectivity index is 1.77. The van der Waals surface area contributed by atoms with Gasteiger partial charge in [0.2, 0.25) is 0 Å². The number of hydrogen-bond acceptors (Lipinski definition) is 5. The van der Waals surface area contributed by atoms with Gasteiger partial charge in [-0.25, -0.2) is 0 Å². The van der Waals surface area contributed by atoms with Crippen LogP contribution in [0.25, 0.3) is 5.76 Å². The van der Waals surface area contributed by atoms with E-state index in [-0.39, 0.29) is 11.3 Å². The summed E-state index contributed by atoms with van der Waals surface area (Å²) in [6.07, 6.45) is 2.50. The minimum Gasteiger partial charge on any atom is -0.507 e. The van der Waals surface area contributed by atoms with Crippen molar-refractivity contribution < 1.29 is 24.2 Å². The van der Waals surface area contributed by atoms with E-state index in [4.69, 9.17) is 9.47 Å². The summed E-state index contributed by atoms with van der Waals surface area (Å²) in [5.41, 5.74) is 3.31. The number of methoxy groups -OCH3 is 1. The Labute approximate surface area is 218 Å². The Morgan fingerprint density at radius 1 is 0.973 bits per heavy atom. The first-order valence-electron chi connectivity index (χ1n) is 12.6. The monoisotopic (exact) mass is 499 g/mol. The average Bonchev–Trinajstić information content (AvgIpc) is 3.17. The van der Waals surface area contributed by atoms with Gasteiger partial charge in [-0.05, 0) is 43.0 Å². The summed E-state index contributed by atoms with van der Waals surface area (Å²) in [5.74, 6) is -0.403. The molecule has 3 aromatic rings. The summed E-state index contributed by atoms with van der Waals surface area (Å²) in [6.45, 7) is 4.93. The maximum atomic E-state index is 13.3. The lowest BCUT2D eigenvalue weighted by Gasteiger charge is -2.26. The number of ketones is 1. The molecule has 1 N–H and O–H groups in total. The zero-order valence-corrected chi connectivity index (χ0v) is 21.6. The average molecular weight is 500 g/mol. The van der Waals surface area contributed by atoms with Gasteiger partial charge in [-0.1, -0.05) is 79.6 Å². The highest BCUT2D eigenvalue weighted by atomic mass is 16.5. The number of aryl methyl sites for hydroxylation is 1. The minimum absolute atomic E-state index is 0.0728. The maximum absolute atomic E-state index is 13.3. The fraction of sp³-hybridized carbons (Fsp3) is 0.290. The molecule has 1 unspecified atom stereocenters. The van der Waals surface area contributed by atoms with Crippen LogP contribution in [0.3, 0.4) is 0 Å².